The van der Waals surface area contributed by atoms with Crippen molar-refractivity contribution in [3.05, 3.63) is 25.3 Å². The number of rotatable bonds is 9. The van der Waals surface area contributed by atoms with Crippen molar-refractivity contribution in [1.82, 2.24) is 39.0 Å². The lowest BCUT2D eigenvalue weighted by molar-refractivity contribution is -0.0207. The molecule has 4 aromatic rings. The van der Waals surface area contributed by atoms with E-state index in [9.17, 15) is 5.11 Å². The molecule has 0 aliphatic carbocycles. The Morgan fingerprint density at radius 3 is 2.27 bits per heavy atom. The summed E-state index contributed by atoms with van der Waals surface area (Å²) in [7, 11) is 0. The fraction of sp³-hybridized carbons (Fsp3) is 0.583. The zero-order chi connectivity index (χ0) is 26.4. The van der Waals surface area contributed by atoms with Crippen LogP contribution in [0, 0.1) is 0 Å². The van der Waals surface area contributed by atoms with E-state index in [1.165, 1.54) is 31.9 Å². The fourth-order valence-corrected chi connectivity index (χ4v) is 4.61. The molecule has 0 radical (unpaired) electrons. The van der Waals surface area contributed by atoms with Crippen molar-refractivity contribution in [3.63, 3.8) is 0 Å². The van der Waals surface area contributed by atoms with Gasteiger partial charge in [0, 0.05) is 0 Å². The van der Waals surface area contributed by atoms with Crippen LogP contribution in [0.25, 0.3) is 22.3 Å². The average molecular weight is 513 g/mol. The summed E-state index contributed by atoms with van der Waals surface area (Å²) in [5.41, 5.74) is 14.1. The highest BCUT2D eigenvalue weighted by Crippen LogP contribution is 2.30. The van der Waals surface area contributed by atoms with Crippen LogP contribution in [0.4, 0.5) is 11.6 Å². The van der Waals surface area contributed by atoms with E-state index in [4.69, 9.17) is 21.3 Å². The van der Waals surface area contributed by atoms with Gasteiger partial charge < -0.3 is 31.0 Å². The van der Waals surface area contributed by atoms with Crippen LogP contribution in [0.3, 0.4) is 0 Å². The minimum Gasteiger partial charge on any atom is -0.394 e. The zero-order valence-corrected chi connectivity index (χ0v) is 21.3. The van der Waals surface area contributed by atoms with E-state index in [-0.39, 0.29) is 25.0 Å². The summed E-state index contributed by atoms with van der Waals surface area (Å²) in [5.74, 6) is 0.745. The Hall–Kier alpha value is -3.42. The molecule has 4 atom stereocenters. The number of unbranched alkanes of at least 4 members (excludes halogenated alkanes) is 3. The first-order valence-corrected chi connectivity index (χ1v) is 12.7. The van der Waals surface area contributed by atoms with Gasteiger partial charge in [0.1, 0.15) is 29.9 Å². The molecule has 200 valence electrons. The number of hydrogen-bond donors (Lipinski definition) is 4. The maximum atomic E-state index is 10.0. The molecule has 0 amide bonds. The first-order valence-electron chi connectivity index (χ1n) is 12.7. The SMILES string of the molecule is CCCCCC[C@@H]([C@H](C)O)n1cnc2c(N)ncnc21.Nc1ncnc2c1ncn2[C@H]1CC[C@@H](CO)O1. The summed E-state index contributed by atoms with van der Waals surface area (Å²) in [6.45, 7) is 4.04. The molecule has 13 heteroatoms. The number of aromatic nitrogens is 8. The fourth-order valence-electron chi connectivity index (χ4n) is 4.61. The van der Waals surface area contributed by atoms with Gasteiger partial charge >= 0.3 is 0 Å². The number of anilines is 2. The van der Waals surface area contributed by atoms with Crippen LogP contribution >= 0.6 is 0 Å². The van der Waals surface area contributed by atoms with Crippen molar-refractivity contribution >= 4 is 34.0 Å². The van der Waals surface area contributed by atoms with Gasteiger partial charge in [0.25, 0.3) is 0 Å². The predicted molar refractivity (Wildman–Crippen MR) is 139 cm³/mol. The van der Waals surface area contributed by atoms with Gasteiger partial charge in [0.2, 0.25) is 0 Å². The van der Waals surface area contributed by atoms with E-state index in [1.54, 1.807) is 19.6 Å². The lowest BCUT2D eigenvalue weighted by Crippen LogP contribution is -2.21. The third-order valence-corrected chi connectivity index (χ3v) is 6.64. The number of hydrogen-bond acceptors (Lipinski definition) is 11. The second kappa shape index (κ2) is 12.2. The quantitative estimate of drug-likeness (QED) is 0.241. The summed E-state index contributed by atoms with van der Waals surface area (Å²) >= 11 is 0. The topological polar surface area (TPSA) is 189 Å². The second-order valence-electron chi connectivity index (χ2n) is 9.30. The average Bonchev–Trinajstić information content (AvgIpc) is 3.63. The van der Waals surface area contributed by atoms with Crippen LogP contribution < -0.4 is 11.5 Å². The third kappa shape index (κ3) is 5.95. The van der Waals surface area contributed by atoms with Crippen LogP contribution in [-0.2, 0) is 4.74 Å². The number of fused-ring (bicyclic) bond motifs is 2. The van der Waals surface area contributed by atoms with Crippen molar-refractivity contribution < 1.29 is 14.9 Å². The van der Waals surface area contributed by atoms with E-state index < -0.39 is 6.10 Å². The molecule has 1 fully saturated rings. The number of aliphatic hydroxyl groups excluding tert-OH is 2. The van der Waals surface area contributed by atoms with Crippen molar-refractivity contribution in [2.24, 2.45) is 0 Å². The van der Waals surface area contributed by atoms with E-state index in [0.717, 1.165) is 25.7 Å². The highest BCUT2D eigenvalue weighted by molar-refractivity contribution is 5.81. The molecule has 5 heterocycles. The van der Waals surface area contributed by atoms with E-state index in [2.05, 4.69) is 36.8 Å². The van der Waals surface area contributed by atoms with E-state index in [0.29, 0.717) is 34.0 Å². The molecule has 0 bridgehead atoms. The van der Waals surface area contributed by atoms with Gasteiger partial charge in [-0.15, -0.1) is 0 Å². The van der Waals surface area contributed by atoms with Gasteiger partial charge in [-0.3, -0.25) is 4.57 Å². The van der Waals surface area contributed by atoms with Gasteiger partial charge in [-0.1, -0.05) is 32.6 Å². The summed E-state index contributed by atoms with van der Waals surface area (Å²) in [6.07, 6.45) is 12.8. The number of nitrogens with two attached hydrogens (primary N) is 2. The van der Waals surface area contributed by atoms with Gasteiger partial charge in [0.05, 0.1) is 37.5 Å². The number of aliphatic hydroxyl groups is 2. The molecule has 0 spiro atoms. The minimum absolute atomic E-state index is 0.0221. The predicted octanol–water partition coefficient (Wildman–Crippen LogP) is 2.38. The Labute approximate surface area is 214 Å². The monoisotopic (exact) mass is 512 g/mol. The first-order chi connectivity index (χ1) is 17.9. The smallest absolute Gasteiger partial charge is 0.167 e. The normalized spacial score (nSPS) is 19.1. The first kappa shape index (κ1) is 26.6. The summed E-state index contributed by atoms with van der Waals surface area (Å²) in [5, 5.41) is 19.1. The lowest BCUT2D eigenvalue weighted by Gasteiger charge is -2.21. The number of imidazole rings is 2. The molecule has 37 heavy (non-hydrogen) atoms. The molecule has 6 N–H and O–H groups in total. The minimum atomic E-state index is -0.454. The van der Waals surface area contributed by atoms with Crippen molar-refractivity contribution in [2.75, 3.05) is 18.1 Å². The molecule has 1 aliphatic heterocycles. The van der Waals surface area contributed by atoms with E-state index in [1.807, 2.05) is 9.13 Å². The van der Waals surface area contributed by atoms with Crippen LogP contribution in [0.1, 0.15) is 71.1 Å². The number of nitrogen functional groups attached to an aromatic ring is 2. The third-order valence-electron chi connectivity index (χ3n) is 6.64. The Bertz CT molecular complexity index is 1290. The standard InChI is InChI=1S/C14H23N5O.C10H13N5O2/c1-3-4-5-6-7-11(10(2)20)19-9-18-12-13(15)16-8-17-14(12)19;11-9-8-10(13-4-12-9)15(5-14-8)7-2-1-6(3-16)17-7/h8-11,20H,3-7H2,1-2H3,(H2,15,16,17);4-7,16H,1-3H2,(H2,11,12,13)/t10-,11-;6-,7+/m00/s1. The summed E-state index contributed by atoms with van der Waals surface area (Å²) in [6, 6.07) is -0.0221. The highest BCUT2D eigenvalue weighted by atomic mass is 16.5. The van der Waals surface area contributed by atoms with Gasteiger partial charge in [0.15, 0.2) is 22.9 Å². The van der Waals surface area contributed by atoms with Crippen molar-refractivity contribution in [1.29, 1.82) is 0 Å². The Balaban J connectivity index is 0.000000175. The molecule has 0 unspecified atom stereocenters. The molecule has 1 aliphatic rings. The van der Waals surface area contributed by atoms with Gasteiger partial charge in [-0.2, -0.15) is 0 Å². The Morgan fingerprint density at radius 2 is 1.62 bits per heavy atom. The highest BCUT2D eigenvalue weighted by Gasteiger charge is 2.27. The maximum Gasteiger partial charge on any atom is 0.167 e. The van der Waals surface area contributed by atoms with Crippen LogP contribution in [0.15, 0.2) is 25.3 Å². The maximum absolute atomic E-state index is 10.0. The van der Waals surface area contributed by atoms with Crippen LogP contribution in [0.2, 0.25) is 0 Å². The molecule has 1 saturated heterocycles. The lowest BCUT2D eigenvalue weighted by atomic mass is 10.0. The molecule has 5 rings (SSSR count). The zero-order valence-electron chi connectivity index (χ0n) is 21.3. The molecule has 0 saturated carbocycles. The van der Waals surface area contributed by atoms with Gasteiger partial charge in [-0.05, 0) is 26.2 Å². The Kier molecular flexibility index (Phi) is 8.79. The largest absolute Gasteiger partial charge is 0.394 e. The van der Waals surface area contributed by atoms with Crippen molar-refractivity contribution in [2.45, 2.75) is 83.3 Å². The molecule has 13 nitrogen and oxygen atoms in total. The second-order valence-corrected chi connectivity index (χ2v) is 9.30. The summed E-state index contributed by atoms with van der Waals surface area (Å²) in [4.78, 5) is 24.7. The van der Waals surface area contributed by atoms with E-state index >= 15 is 0 Å². The molecular formula is C24H36N10O3. The van der Waals surface area contributed by atoms with Crippen molar-refractivity contribution in [3.8, 4) is 0 Å². The molecule has 4 aromatic heterocycles. The Morgan fingerprint density at radius 1 is 0.946 bits per heavy atom. The van der Waals surface area contributed by atoms with Crippen LogP contribution in [0.5, 0.6) is 0 Å². The molecular weight excluding hydrogens is 476 g/mol. The van der Waals surface area contributed by atoms with Crippen LogP contribution in [-0.4, -0.2) is 68.1 Å². The van der Waals surface area contributed by atoms with Gasteiger partial charge in [-0.25, -0.2) is 29.9 Å². The number of ether oxygens (including phenoxy) is 1. The summed E-state index contributed by atoms with van der Waals surface area (Å²) < 4.78 is 9.43. The number of nitrogens with zero attached hydrogens (tertiary/aromatic N) is 8. The molecule has 0 aromatic carbocycles.